The molecule has 1 aliphatic carbocycles. The van der Waals surface area contributed by atoms with Crippen molar-refractivity contribution in [3.63, 3.8) is 0 Å². The summed E-state index contributed by atoms with van der Waals surface area (Å²) in [6.07, 6.45) is 5.80. The molecule has 0 aromatic rings. The van der Waals surface area contributed by atoms with Gasteiger partial charge in [-0.3, -0.25) is 14.6 Å². The van der Waals surface area contributed by atoms with Crippen molar-refractivity contribution in [2.75, 3.05) is 6.54 Å². The highest BCUT2D eigenvalue weighted by atomic mass is 16.4. The molecule has 0 bridgehead atoms. The van der Waals surface area contributed by atoms with E-state index < -0.39 is 5.97 Å². The second kappa shape index (κ2) is 9.32. The first-order valence-corrected chi connectivity index (χ1v) is 7.77. The highest BCUT2D eigenvalue weighted by molar-refractivity contribution is 6.24. The molecule has 1 saturated carbocycles. The van der Waals surface area contributed by atoms with E-state index in [1.807, 2.05) is 6.92 Å². The first kappa shape index (κ1) is 17.4. The van der Waals surface area contributed by atoms with Gasteiger partial charge in [-0.2, -0.15) is 0 Å². The third-order valence-electron chi connectivity index (χ3n) is 3.51. The number of ketones is 1. The fourth-order valence-corrected chi connectivity index (χ4v) is 2.45. The molecule has 0 aromatic carbocycles. The molecule has 0 heterocycles. The molecule has 1 aliphatic rings. The third kappa shape index (κ3) is 6.10. The zero-order valence-electron chi connectivity index (χ0n) is 12.7. The number of carboxylic acids is 1. The van der Waals surface area contributed by atoms with E-state index in [1.54, 1.807) is 0 Å². The topological polar surface area (TPSA) is 87.0 Å². The van der Waals surface area contributed by atoms with Crippen LogP contribution in [0.3, 0.4) is 0 Å². The van der Waals surface area contributed by atoms with E-state index in [-0.39, 0.29) is 18.0 Å². The number of unbranched alkanes of at least 4 members (excludes halogenated alkanes) is 2. The van der Waals surface area contributed by atoms with Crippen molar-refractivity contribution in [3.8, 4) is 0 Å². The Kier molecular flexibility index (Phi) is 7.72. The lowest BCUT2D eigenvalue weighted by Crippen LogP contribution is -2.21. The second-order valence-electron chi connectivity index (χ2n) is 5.38. The fourth-order valence-electron chi connectivity index (χ4n) is 2.45. The summed E-state index contributed by atoms with van der Waals surface area (Å²) in [7, 11) is 0. The molecule has 0 aliphatic heterocycles. The van der Waals surface area contributed by atoms with Crippen LogP contribution in [0.1, 0.15) is 64.7 Å². The van der Waals surface area contributed by atoms with E-state index in [0.29, 0.717) is 31.4 Å². The maximum Gasteiger partial charge on any atom is 0.303 e. The lowest BCUT2D eigenvalue weighted by Gasteiger charge is -2.17. The summed E-state index contributed by atoms with van der Waals surface area (Å²) in [5.74, 6) is -0.599. The fraction of sp³-hybridized carbons (Fsp3) is 0.688. The molecule has 0 radical (unpaired) electrons. The van der Waals surface area contributed by atoms with Gasteiger partial charge in [0.2, 0.25) is 0 Å². The van der Waals surface area contributed by atoms with Crippen LogP contribution in [0.5, 0.6) is 0 Å². The predicted octanol–water partition coefficient (Wildman–Crippen LogP) is 3.44. The molecule has 21 heavy (non-hydrogen) atoms. The van der Waals surface area contributed by atoms with Gasteiger partial charge in [0.15, 0.2) is 5.78 Å². The lowest BCUT2D eigenvalue weighted by atomic mass is 9.89. The Labute approximate surface area is 125 Å². The lowest BCUT2D eigenvalue weighted by molar-refractivity contribution is -0.137. The minimum absolute atomic E-state index is 0.00294. The molecule has 0 spiro atoms. The van der Waals surface area contributed by atoms with Gasteiger partial charge in [0, 0.05) is 31.5 Å². The van der Waals surface area contributed by atoms with Crippen molar-refractivity contribution in [1.82, 2.24) is 0 Å². The van der Waals surface area contributed by atoms with Gasteiger partial charge in [-0.15, -0.1) is 0 Å². The van der Waals surface area contributed by atoms with E-state index in [4.69, 9.17) is 5.11 Å². The Morgan fingerprint density at radius 1 is 1.14 bits per heavy atom. The normalized spacial score (nSPS) is 19.9. The number of aliphatic hydroxyl groups is 1. The van der Waals surface area contributed by atoms with Crippen molar-refractivity contribution in [1.29, 1.82) is 0 Å². The number of carbonyl (C=O) groups is 2. The molecule has 1 rings (SSSR count). The van der Waals surface area contributed by atoms with E-state index >= 15 is 0 Å². The van der Waals surface area contributed by atoms with Gasteiger partial charge in [-0.05, 0) is 32.1 Å². The van der Waals surface area contributed by atoms with Gasteiger partial charge < -0.3 is 10.2 Å². The smallest absolute Gasteiger partial charge is 0.303 e. The number of aliphatic hydroxyl groups excluding tert-OH is 1. The minimum Gasteiger partial charge on any atom is -0.511 e. The number of rotatable bonds is 8. The number of hydrogen-bond donors (Lipinski definition) is 2. The summed E-state index contributed by atoms with van der Waals surface area (Å²) in [5, 5.41) is 18.6. The zero-order chi connectivity index (χ0) is 15.7. The summed E-state index contributed by atoms with van der Waals surface area (Å²) in [6.45, 7) is 2.55. The van der Waals surface area contributed by atoms with Crippen molar-refractivity contribution in [3.05, 3.63) is 11.3 Å². The van der Waals surface area contributed by atoms with Crippen LogP contribution in [0.15, 0.2) is 16.3 Å². The first-order valence-electron chi connectivity index (χ1n) is 7.77. The van der Waals surface area contributed by atoms with Gasteiger partial charge in [-0.25, -0.2) is 0 Å². The largest absolute Gasteiger partial charge is 0.511 e. The molecule has 118 valence electrons. The standard InChI is InChI=1S/C16H25NO4/c1-2-7-13(18)16-12(8-6-9-14(16)19)17-11-5-3-4-10-15(20)21/h18H,2-11H2,1H3,(H,20,21). The van der Waals surface area contributed by atoms with Crippen molar-refractivity contribution in [2.45, 2.75) is 64.7 Å². The SMILES string of the molecule is CCCC(O)=C1C(=O)CCCC1=NCCCCCC(=O)O. The summed E-state index contributed by atoms with van der Waals surface area (Å²) in [5.41, 5.74) is 1.17. The Balaban J connectivity index is 2.56. The molecule has 1 fully saturated rings. The molecule has 5 nitrogen and oxygen atoms in total. The number of hydrogen-bond acceptors (Lipinski definition) is 4. The summed E-state index contributed by atoms with van der Waals surface area (Å²) in [4.78, 5) is 26.8. The van der Waals surface area contributed by atoms with E-state index in [9.17, 15) is 14.7 Å². The first-order chi connectivity index (χ1) is 10.1. The maximum absolute atomic E-state index is 12.0. The van der Waals surface area contributed by atoms with Gasteiger partial charge in [0.05, 0.1) is 5.57 Å². The van der Waals surface area contributed by atoms with Crippen molar-refractivity contribution < 1.29 is 19.8 Å². The van der Waals surface area contributed by atoms with Gasteiger partial charge in [-0.1, -0.05) is 13.3 Å². The van der Waals surface area contributed by atoms with E-state index in [2.05, 4.69) is 4.99 Å². The average molecular weight is 295 g/mol. The number of aliphatic carboxylic acids is 1. The van der Waals surface area contributed by atoms with Crippen LogP contribution in [0.4, 0.5) is 0 Å². The Morgan fingerprint density at radius 2 is 1.90 bits per heavy atom. The number of carboxylic acid groups (broad SMARTS) is 1. The van der Waals surface area contributed by atoms with Crippen LogP contribution in [-0.2, 0) is 9.59 Å². The summed E-state index contributed by atoms with van der Waals surface area (Å²) in [6, 6.07) is 0. The van der Waals surface area contributed by atoms with Crippen molar-refractivity contribution in [2.24, 2.45) is 4.99 Å². The highest BCUT2D eigenvalue weighted by Gasteiger charge is 2.24. The van der Waals surface area contributed by atoms with Gasteiger partial charge >= 0.3 is 5.97 Å². The minimum atomic E-state index is -0.770. The maximum atomic E-state index is 12.0. The van der Waals surface area contributed by atoms with Crippen molar-refractivity contribution >= 4 is 17.5 Å². The van der Waals surface area contributed by atoms with E-state index in [0.717, 1.165) is 37.8 Å². The Bertz CT molecular complexity index is 438. The number of nitrogens with zero attached hydrogens (tertiary/aromatic N) is 1. The molecule has 0 aromatic heterocycles. The molecule has 2 N–H and O–H groups in total. The molecular weight excluding hydrogens is 270 g/mol. The zero-order valence-corrected chi connectivity index (χ0v) is 12.7. The monoisotopic (exact) mass is 295 g/mol. The quantitative estimate of drug-likeness (QED) is 0.408. The van der Waals surface area contributed by atoms with Crippen LogP contribution in [0.2, 0.25) is 0 Å². The molecule has 5 heteroatoms. The summed E-state index contributed by atoms with van der Waals surface area (Å²) < 4.78 is 0. The molecule has 0 saturated heterocycles. The van der Waals surface area contributed by atoms with E-state index in [1.165, 1.54) is 0 Å². The Morgan fingerprint density at radius 3 is 2.57 bits per heavy atom. The average Bonchev–Trinajstić information content (AvgIpc) is 2.42. The summed E-state index contributed by atoms with van der Waals surface area (Å²) >= 11 is 0. The third-order valence-corrected chi connectivity index (χ3v) is 3.51. The Hall–Kier alpha value is -1.65. The van der Waals surface area contributed by atoms with Gasteiger partial charge in [0.1, 0.15) is 5.76 Å². The number of Topliss-reactive ketones (excluding diaryl/α,β-unsaturated/α-hetero) is 1. The van der Waals surface area contributed by atoms with Crippen LogP contribution in [-0.4, -0.2) is 34.2 Å². The highest BCUT2D eigenvalue weighted by Crippen LogP contribution is 2.22. The molecule has 0 unspecified atom stereocenters. The molecular formula is C16H25NO4. The van der Waals surface area contributed by atoms with Crippen LogP contribution >= 0.6 is 0 Å². The second-order valence-corrected chi connectivity index (χ2v) is 5.38. The van der Waals surface area contributed by atoms with Crippen LogP contribution in [0.25, 0.3) is 0 Å². The number of aliphatic imine (C=N–C) groups is 1. The van der Waals surface area contributed by atoms with Gasteiger partial charge in [0.25, 0.3) is 0 Å². The molecule has 0 amide bonds. The predicted molar refractivity (Wildman–Crippen MR) is 81.8 cm³/mol. The number of carbonyl (C=O) groups excluding carboxylic acids is 1. The number of allylic oxidation sites excluding steroid dienone is 2. The van der Waals surface area contributed by atoms with Crippen LogP contribution in [0, 0.1) is 0 Å². The van der Waals surface area contributed by atoms with Crippen LogP contribution < -0.4 is 0 Å². The molecule has 0 atom stereocenters.